The smallest absolute Gasteiger partial charge is 0.245 e. The van der Waals surface area contributed by atoms with Gasteiger partial charge in [0, 0.05) is 5.92 Å². The molecular weight excluding hydrogens is 230 g/mol. The molecule has 0 saturated carbocycles. The van der Waals surface area contributed by atoms with E-state index in [1.165, 1.54) is 11.1 Å². The van der Waals surface area contributed by atoms with Gasteiger partial charge in [0.2, 0.25) is 5.89 Å². The molecule has 3 N–H and O–H groups in total. The molecule has 0 amide bonds. The Bertz CT molecular complexity index is 528. The highest BCUT2D eigenvalue weighted by Crippen LogP contribution is 2.32. The second kappa shape index (κ2) is 4.51. The molecule has 0 spiro atoms. The van der Waals surface area contributed by atoms with Crippen molar-refractivity contribution in [3.63, 3.8) is 0 Å². The van der Waals surface area contributed by atoms with Gasteiger partial charge in [-0.05, 0) is 24.0 Å². The first-order valence-corrected chi connectivity index (χ1v) is 6.04. The van der Waals surface area contributed by atoms with Crippen LogP contribution in [0.3, 0.4) is 0 Å². The molecule has 2 aromatic rings. The minimum atomic E-state index is -0.588. The summed E-state index contributed by atoms with van der Waals surface area (Å²) in [6.45, 7) is -0.188. The number of hydrogen-bond donors (Lipinski definition) is 2. The molecule has 1 aliphatic carbocycles. The highest BCUT2D eigenvalue weighted by atomic mass is 16.5. The minimum absolute atomic E-state index is 0.188. The van der Waals surface area contributed by atoms with Crippen LogP contribution in [0.5, 0.6) is 0 Å². The topological polar surface area (TPSA) is 85.2 Å². The summed E-state index contributed by atoms with van der Waals surface area (Å²) in [5.74, 6) is 1.25. The van der Waals surface area contributed by atoms with E-state index in [2.05, 4.69) is 22.3 Å². The molecule has 1 aromatic heterocycles. The summed E-state index contributed by atoms with van der Waals surface area (Å²) in [5, 5.41) is 12.9. The van der Waals surface area contributed by atoms with Crippen LogP contribution in [0.4, 0.5) is 0 Å². The first-order valence-electron chi connectivity index (χ1n) is 6.04. The summed E-state index contributed by atoms with van der Waals surface area (Å²) in [5.41, 5.74) is 8.34. The fraction of sp³-hybridized carbons (Fsp3) is 0.385. The highest BCUT2D eigenvalue weighted by Gasteiger charge is 2.27. The number of fused-ring (bicyclic) bond motifs is 1. The van der Waals surface area contributed by atoms with Crippen molar-refractivity contribution in [3.8, 4) is 0 Å². The van der Waals surface area contributed by atoms with Crippen molar-refractivity contribution in [1.29, 1.82) is 0 Å². The summed E-state index contributed by atoms with van der Waals surface area (Å²) < 4.78 is 5.08. The molecule has 18 heavy (non-hydrogen) atoms. The number of aromatic nitrogens is 2. The number of hydrogen-bond acceptors (Lipinski definition) is 5. The van der Waals surface area contributed by atoms with Crippen molar-refractivity contribution in [2.75, 3.05) is 6.61 Å². The molecule has 1 atom stereocenters. The molecule has 1 heterocycles. The Kier molecular flexibility index (Phi) is 2.85. The second-order valence-corrected chi connectivity index (χ2v) is 4.65. The van der Waals surface area contributed by atoms with Gasteiger partial charge in [0.15, 0.2) is 5.82 Å². The number of aliphatic hydroxyl groups is 1. The Morgan fingerprint density at radius 2 is 2.00 bits per heavy atom. The third-order valence-electron chi connectivity index (χ3n) is 3.39. The average molecular weight is 245 g/mol. The standard InChI is InChI=1S/C13H15N3O2/c14-11(7-17)13-15-12(16-18-13)10-5-8-3-1-2-4-9(8)6-10/h1-4,10-11,17H,5-7,14H2. The molecule has 3 rings (SSSR count). The van der Waals surface area contributed by atoms with Gasteiger partial charge in [0.05, 0.1) is 6.61 Å². The Morgan fingerprint density at radius 3 is 2.61 bits per heavy atom. The SMILES string of the molecule is NC(CO)c1nc(C2Cc3ccccc3C2)no1. The summed E-state index contributed by atoms with van der Waals surface area (Å²) in [4.78, 5) is 4.28. The normalized spacial score (nSPS) is 16.8. The van der Waals surface area contributed by atoms with Crippen molar-refractivity contribution in [2.45, 2.75) is 24.8 Å². The molecule has 1 aliphatic rings. The van der Waals surface area contributed by atoms with Crippen molar-refractivity contribution < 1.29 is 9.63 Å². The largest absolute Gasteiger partial charge is 0.394 e. The Labute approximate surface area is 105 Å². The Hall–Kier alpha value is -1.72. The van der Waals surface area contributed by atoms with E-state index in [1.807, 2.05) is 12.1 Å². The fourth-order valence-electron chi connectivity index (χ4n) is 2.38. The minimum Gasteiger partial charge on any atom is -0.394 e. The second-order valence-electron chi connectivity index (χ2n) is 4.65. The first-order chi connectivity index (χ1) is 8.78. The number of aliphatic hydroxyl groups excluding tert-OH is 1. The molecule has 0 fully saturated rings. The molecule has 1 aromatic carbocycles. The van der Waals surface area contributed by atoms with Gasteiger partial charge in [-0.2, -0.15) is 4.98 Å². The van der Waals surface area contributed by atoms with Crippen LogP contribution in [0.15, 0.2) is 28.8 Å². The Morgan fingerprint density at radius 1 is 1.33 bits per heavy atom. The predicted molar refractivity (Wildman–Crippen MR) is 64.9 cm³/mol. The maximum absolute atomic E-state index is 8.95. The average Bonchev–Trinajstić information content (AvgIpc) is 3.03. The van der Waals surface area contributed by atoms with E-state index in [-0.39, 0.29) is 12.5 Å². The highest BCUT2D eigenvalue weighted by molar-refractivity contribution is 5.34. The van der Waals surface area contributed by atoms with Gasteiger partial charge in [-0.1, -0.05) is 29.4 Å². The third kappa shape index (κ3) is 1.91. The molecular formula is C13H15N3O2. The number of rotatable bonds is 3. The monoisotopic (exact) mass is 245 g/mol. The van der Waals surface area contributed by atoms with Crippen LogP contribution in [0.1, 0.15) is 34.8 Å². The Balaban J connectivity index is 1.80. The summed E-state index contributed by atoms with van der Waals surface area (Å²) in [7, 11) is 0. The van der Waals surface area contributed by atoms with Crippen molar-refractivity contribution in [3.05, 3.63) is 47.1 Å². The molecule has 94 valence electrons. The van der Waals surface area contributed by atoms with Gasteiger partial charge in [-0.3, -0.25) is 0 Å². The van der Waals surface area contributed by atoms with Crippen molar-refractivity contribution >= 4 is 0 Å². The number of benzene rings is 1. The maximum atomic E-state index is 8.95. The van der Waals surface area contributed by atoms with Crippen molar-refractivity contribution in [2.24, 2.45) is 5.73 Å². The van der Waals surface area contributed by atoms with Gasteiger partial charge >= 0.3 is 0 Å². The molecule has 0 bridgehead atoms. The van der Waals surface area contributed by atoms with Gasteiger partial charge in [0.25, 0.3) is 0 Å². The van der Waals surface area contributed by atoms with E-state index in [0.717, 1.165) is 12.8 Å². The zero-order valence-electron chi connectivity index (χ0n) is 9.91. The van der Waals surface area contributed by atoms with E-state index < -0.39 is 6.04 Å². The van der Waals surface area contributed by atoms with E-state index >= 15 is 0 Å². The van der Waals surface area contributed by atoms with Gasteiger partial charge < -0.3 is 15.4 Å². The van der Waals surface area contributed by atoms with Crippen LogP contribution in [0, 0.1) is 0 Å². The third-order valence-corrected chi connectivity index (χ3v) is 3.39. The first kappa shape index (κ1) is 11.4. The molecule has 0 saturated heterocycles. The predicted octanol–water partition coefficient (Wildman–Crippen LogP) is 0.944. The van der Waals surface area contributed by atoms with Crippen LogP contribution in [-0.4, -0.2) is 21.9 Å². The zero-order chi connectivity index (χ0) is 12.5. The van der Waals surface area contributed by atoms with Gasteiger partial charge in [-0.25, -0.2) is 0 Å². The summed E-state index contributed by atoms with van der Waals surface area (Å²) in [6.07, 6.45) is 1.87. The molecule has 5 heteroatoms. The van der Waals surface area contributed by atoms with Gasteiger partial charge in [0.1, 0.15) is 6.04 Å². The van der Waals surface area contributed by atoms with Crippen LogP contribution in [-0.2, 0) is 12.8 Å². The van der Waals surface area contributed by atoms with E-state index in [0.29, 0.717) is 11.7 Å². The lowest BCUT2D eigenvalue weighted by atomic mass is 10.1. The number of nitrogens with zero attached hydrogens (tertiary/aromatic N) is 2. The summed E-state index contributed by atoms with van der Waals surface area (Å²) >= 11 is 0. The van der Waals surface area contributed by atoms with Crippen molar-refractivity contribution in [1.82, 2.24) is 10.1 Å². The van der Waals surface area contributed by atoms with Crippen LogP contribution < -0.4 is 5.73 Å². The molecule has 1 unspecified atom stereocenters. The van der Waals surface area contributed by atoms with E-state index in [4.69, 9.17) is 15.4 Å². The zero-order valence-corrected chi connectivity index (χ0v) is 9.91. The van der Waals surface area contributed by atoms with E-state index in [1.54, 1.807) is 0 Å². The summed E-state index contributed by atoms with van der Waals surface area (Å²) in [6, 6.07) is 7.77. The lowest BCUT2D eigenvalue weighted by Crippen LogP contribution is -2.15. The molecule has 0 aliphatic heterocycles. The van der Waals surface area contributed by atoms with Crippen LogP contribution in [0.2, 0.25) is 0 Å². The van der Waals surface area contributed by atoms with E-state index in [9.17, 15) is 0 Å². The molecule has 0 radical (unpaired) electrons. The lowest BCUT2D eigenvalue weighted by molar-refractivity contribution is 0.236. The quantitative estimate of drug-likeness (QED) is 0.840. The molecule has 5 nitrogen and oxygen atoms in total. The maximum Gasteiger partial charge on any atom is 0.245 e. The van der Waals surface area contributed by atoms with Crippen LogP contribution >= 0.6 is 0 Å². The van der Waals surface area contributed by atoms with Crippen LogP contribution in [0.25, 0.3) is 0 Å². The fourth-order valence-corrected chi connectivity index (χ4v) is 2.38. The van der Waals surface area contributed by atoms with Gasteiger partial charge in [-0.15, -0.1) is 0 Å². The lowest BCUT2D eigenvalue weighted by Gasteiger charge is -2.01. The number of nitrogens with two attached hydrogens (primary N) is 1.